The second kappa shape index (κ2) is 10.0. The summed E-state index contributed by atoms with van der Waals surface area (Å²) < 4.78 is 26.0. The Morgan fingerprint density at radius 1 is 0.515 bits per heavy atom. The topological polar surface area (TPSA) is 46.2 Å². The van der Waals surface area contributed by atoms with Gasteiger partial charge in [0.15, 0.2) is 11.6 Å². The predicted octanol–water partition coefficient (Wildman–Crippen LogP) is 6.56. The number of rotatable bonds is 8. The van der Waals surface area contributed by atoms with E-state index in [1.807, 2.05) is 48.5 Å². The zero-order chi connectivity index (χ0) is 23.2. The van der Waals surface area contributed by atoms with Gasteiger partial charge in [-0.15, -0.1) is 0 Å². The van der Waals surface area contributed by atoms with Crippen LogP contribution in [0.4, 0.5) is 20.2 Å². The number of carbonyl (C=O) groups is 2. The summed E-state index contributed by atoms with van der Waals surface area (Å²) in [5, 5.41) is 3.29. The van der Waals surface area contributed by atoms with Gasteiger partial charge < -0.3 is 5.32 Å². The number of benzene rings is 4. The molecule has 5 heteroatoms. The lowest BCUT2D eigenvalue weighted by Crippen LogP contribution is -2.04. The fourth-order valence-corrected chi connectivity index (χ4v) is 3.43. The molecule has 0 saturated carbocycles. The number of ketones is 2. The van der Waals surface area contributed by atoms with Crippen LogP contribution in [0.5, 0.6) is 0 Å². The van der Waals surface area contributed by atoms with Crippen molar-refractivity contribution in [3.8, 4) is 0 Å². The average Bonchev–Trinajstić information content (AvgIpc) is 2.82. The zero-order valence-corrected chi connectivity index (χ0v) is 17.7. The average molecular weight is 441 g/mol. The molecule has 0 unspecified atom stereocenters. The second-order valence-electron chi connectivity index (χ2n) is 7.73. The largest absolute Gasteiger partial charge is 0.356 e. The van der Waals surface area contributed by atoms with Gasteiger partial charge in [-0.05, 0) is 83.9 Å². The van der Waals surface area contributed by atoms with Crippen molar-refractivity contribution >= 4 is 22.9 Å². The van der Waals surface area contributed by atoms with Crippen molar-refractivity contribution in [2.24, 2.45) is 0 Å². The van der Waals surface area contributed by atoms with E-state index in [0.29, 0.717) is 11.1 Å². The molecule has 0 aliphatic carbocycles. The van der Waals surface area contributed by atoms with Gasteiger partial charge in [0, 0.05) is 35.3 Å². The molecule has 0 aromatic heterocycles. The predicted molar refractivity (Wildman–Crippen MR) is 125 cm³/mol. The molecule has 0 aliphatic rings. The van der Waals surface area contributed by atoms with E-state index in [1.165, 1.54) is 48.5 Å². The maximum atomic E-state index is 13.0. The first kappa shape index (κ1) is 22.1. The van der Waals surface area contributed by atoms with Crippen LogP contribution in [-0.2, 0) is 12.8 Å². The highest BCUT2D eigenvalue weighted by molar-refractivity contribution is 5.98. The van der Waals surface area contributed by atoms with E-state index in [0.717, 1.165) is 22.5 Å². The minimum Gasteiger partial charge on any atom is -0.356 e. The molecule has 4 aromatic rings. The van der Waals surface area contributed by atoms with Crippen molar-refractivity contribution in [3.05, 3.63) is 131 Å². The minimum atomic E-state index is -0.366. The number of Topliss-reactive ketones (excluding diaryl/α,β-unsaturated/α-hetero) is 2. The molecule has 164 valence electrons. The molecule has 0 fully saturated rings. The summed E-state index contributed by atoms with van der Waals surface area (Å²) in [6.45, 7) is 0. The van der Waals surface area contributed by atoms with Crippen molar-refractivity contribution in [3.63, 3.8) is 0 Å². The van der Waals surface area contributed by atoms with Crippen LogP contribution in [0.2, 0.25) is 0 Å². The summed E-state index contributed by atoms with van der Waals surface area (Å²) in [7, 11) is 0. The van der Waals surface area contributed by atoms with Crippen molar-refractivity contribution in [2.75, 3.05) is 5.32 Å². The highest BCUT2D eigenvalue weighted by atomic mass is 19.1. The maximum Gasteiger partial charge on any atom is 0.167 e. The Morgan fingerprint density at radius 2 is 0.848 bits per heavy atom. The van der Waals surface area contributed by atoms with E-state index in [-0.39, 0.29) is 36.0 Å². The summed E-state index contributed by atoms with van der Waals surface area (Å²) in [5.74, 6) is -0.869. The van der Waals surface area contributed by atoms with Gasteiger partial charge in [-0.25, -0.2) is 8.78 Å². The summed E-state index contributed by atoms with van der Waals surface area (Å²) in [5.41, 5.74) is 4.42. The van der Waals surface area contributed by atoms with E-state index >= 15 is 0 Å². The van der Waals surface area contributed by atoms with Crippen molar-refractivity contribution in [2.45, 2.75) is 12.8 Å². The minimum absolute atomic E-state index is 0.0681. The number of halogens is 2. The summed E-state index contributed by atoms with van der Waals surface area (Å²) in [6, 6.07) is 26.1. The fourth-order valence-electron chi connectivity index (χ4n) is 3.43. The van der Waals surface area contributed by atoms with Crippen molar-refractivity contribution in [1.82, 2.24) is 0 Å². The SMILES string of the molecule is O=C(Cc1ccc(Nc2ccc(CC(=O)c3ccc(F)cc3)cc2)cc1)c1ccc(F)cc1. The highest BCUT2D eigenvalue weighted by Crippen LogP contribution is 2.19. The Balaban J connectivity index is 1.33. The Bertz CT molecular complexity index is 1150. The first-order valence-electron chi connectivity index (χ1n) is 10.5. The Morgan fingerprint density at radius 3 is 1.18 bits per heavy atom. The number of anilines is 2. The molecule has 0 saturated heterocycles. The molecular formula is C28H21F2NO2. The lowest BCUT2D eigenvalue weighted by Gasteiger charge is -2.09. The quantitative estimate of drug-likeness (QED) is 0.315. The summed E-state index contributed by atoms with van der Waals surface area (Å²) in [4.78, 5) is 24.7. The molecule has 0 aliphatic heterocycles. The Kier molecular flexibility index (Phi) is 6.69. The highest BCUT2D eigenvalue weighted by Gasteiger charge is 2.09. The monoisotopic (exact) mass is 441 g/mol. The molecule has 0 atom stereocenters. The Hall–Kier alpha value is -4.12. The number of hydrogen-bond donors (Lipinski definition) is 1. The molecule has 0 bridgehead atoms. The van der Waals surface area contributed by atoms with Crippen molar-refractivity contribution < 1.29 is 18.4 Å². The number of hydrogen-bond acceptors (Lipinski definition) is 3. The second-order valence-corrected chi connectivity index (χ2v) is 7.73. The Labute approximate surface area is 190 Å². The van der Waals surface area contributed by atoms with E-state index in [9.17, 15) is 18.4 Å². The van der Waals surface area contributed by atoms with Crippen LogP contribution in [0.25, 0.3) is 0 Å². The third kappa shape index (κ3) is 5.98. The molecule has 33 heavy (non-hydrogen) atoms. The van der Waals surface area contributed by atoms with Crippen LogP contribution in [0.1, 0.15) is 31.8 Å². The van der Waals surface area contributed by atoms with Gasteiger partial charge in [0.2, 0.25) is 0 Å². The van der Waals surface area contributed by atoms with Gasteiger partial charge in [-0.3, -0.25) is 9.59 Å². The lowest BCUT2D eigenvalue weighted by atomic mass is 10.0. The van der Waals surface area contributed by atoms with E-state index < -0.39 is 0 Å². The van der Waals surface area contributed by atoms with Gasteiger partial charge >= 0.3 is 0 Å². The van der Waals surface area contributed by atoms with Gasteiger partial charge in [0.1, 0.15) is 11.6 Å². The smallest absolute Gasteiger partial charge is 0.167 e. The third-order valence-electron chi connectivity index (χ3n) is 5.26. The van der Waals surface area contributed by atoms with Crippen LogP contribution >= 0.6 is 0 Å². The van der Waals surface area contributed by atoms with Gasteiger partial charge in [0.05, 0.1) is 0 Å². The standard InChI is InChI=1S/C28H21F2NO2/c29-23-9-5-21(6-10-23)27(32)17-19-1-13-25(14-2-19)31-26-15-3-20(4-16-26)18-28(33)22-7-11-24(30)12-8-22/h1-16,31H,17-18H2. The molecule has 4 aromatic carbocycles. The molecular weight excluding hydrogens is 420 g/mol. The van der Waals surface area contributed by atoms with Crippen molar-refractivity contribution in [1.29, 1.82) is 0 Å². The molecule has 3 nitrogen and oxygen atoms in total. The first-order chi connectivity index (χ1) is 16.0. The summed E-state index contributed by atoms with van der Waals surface area (Å²) in [6.07, 6.45) is 0.478. The van der Waals surface area contributed by atoms with E-state index in [2.05, 4.69) is 5.32 Å². The molecule has 4 rings (SSSR count). The van der Waals surface area contributed by atoms with Crippen LogP contribution in [-0.4, -0.2) is 11.6 Å². The normalized spacial score (nSPS) is 10.6. The van der Waals surface area contributed by atoms with Crippen LogP contribution < -0.4 is 5.32 Å². The van der Waals surface area contributed by atoms with E-state index in [4.69, 9.17) is 0 Å². The molecule has 0 amide bonds. The fraction of sp³-hybridized carbons (Fsp3) is 0.0714. The number of carbonyl (C=O) groups excluding carboxylic acids is 2. The number of nitrogens with one attached hydrogen (secondary N) is 1. The van der Waals surface area contributed by atoms with Crippen LogP contribution in [0, 0.1) is 11.6 Å². The van der Waals surface area contributed by atoms with Gasteiger partial charge in [-0.2, -0.15) is 0 Å². The maximum absolute atomic E-state index is 13.0. The summed E-state index contributed by atoms with van der Waals surface area (Å²) >= 11 is 0. The molecule has 0 spiro atoms. The van der Waals surface area contributed by atoms with Crippen LogP contribution in [0.3, 0.4) is 0 Å². The zero-order valence-electron chi connectivity index (χ0n) is 17.7. The molecule has 0 radical (unpaired) electrons. The first-order valence-corrected chi connectivity index (χ1v) is 10.5. The molecule has 1 N–H and O–H groups in total. The third-order valence-corrected chi connectivity index (χ3v) is 5.26. The van der Waals surface area contributed by atoms with E-state index in [1.54, 1.807) is 0 Å². The van der Waals surface area contributed by atoms with Gasteiger partial charge in [0.25, 0.3) is 0 Å². The van der Waals surface area contributed by atoms with Gasteiger partial charge in [-0.1, -0.05) is 24.3 Å². The lowest BCUT2D eigenvalue weighted by molar-refractivity contribution is 0.0984. The molecule has 0 heterocycles. The van der Waals surface area contributed by atoms with Crippen LogP contribution in [0.15, 0.2) is 97.1 Å².